The Morgan fingerprint density at radius 1 is 0.811 bits per heavy atom. The third-order valence-corrected chi connectivity index (χ3v) is 6.39. The third kappa shape index (κ3) is 5.05. The number of benzene rings is 3. The number of rotatable bonds is 10. The second-order valence-electron chi connectivity index (χ2n) is 8.64. The molecule has 4 atom stereocenters. The highest BCUT2D eigenvalue weighted by Gasteiger charge is 2.40. The summed E-state index contributed by atoms with van der Waals surface area (Å²) in [6.45, 7) is 1.54. The summed E-state index contributed by atoms with van der Waals surface area (Å²) in [7, 11) is 0. The molecule has 0 aliphatic rings. The summed E-state index contributed by atoms with van der Waals surface area (Å²) in [6.07, 6.45) is -4.47. The van der Waals surface area contributed by atoms with Gasteiger partial charge in [0.2, 0.25) is 0 Å². The first-order valence-electron chi connectivity index (χ1n) is 12.0. The largest absolute Gasteiger partial charge is 0.464 e. The molecule has 37 heavy (non-hydrogen) atoms. The fourth-order valence-corrected chi connectivity index (χ4v) is 4.58. The Hall–Kier alpha value is -3.82. The Bertz CT molecular complexity index is 1180. The molecule has 1 aromatic heterocycles. The third-order valence-electron chi connectivity index (χ3n) is 6.39. The van der Waals surface area contributed by atoms with E-state index < -0.39 is 35.9 Å². The van der Waals surface area contributed by atoms with E-state index in [4.69, 9.17) is 4.74 Å². The number of aliphatic hydroxyl groups excluding tert-OH is 4. The van der Waals surface area contributed by atoms with E-state index in [1.165, 1.54) is 0 Å². The first kappa shape index (κ1) is 26.2. The standard InChI is InChI=1S/C29H30N2O6/c1-2-37-28(36)27(35)26(34)25(33)24(32)23-18-31(19-30-23)29(20-12-6-3-7-13-20,21-14-8-4-9-15-21)22-16-10-5-11-17-22/h3-19,24-27,32-35H,2H2,1H3. The average molecular weight is 503 g/mol. The van der Waals surface area contributed by atoms with Crippen molar-refractivity contribution in [1.29, 1.82) is 0 Å². The summed E-state index contributed by atoms with van der Waals surface area (Å²) in [4.78, 5) is 16.2. The predicted molar refractivity (Wildman–Crippen MR) is 136 cm³/mol. The molecule has 1 heterocycles. The van der Waals surface area contributed by atoms with Crippen molar-refractivity contribution in [3.05, 3.63) is 126 Å². The molecule has 0 radical (unpaired) electrons. The number of carbonyl (C=O) groups is 1. The number of hydrogen-bond acceptors (Lipinski definition) is 7. The number of ether oxygens (including phenoxy) is 1. The van der Waals surface area contributed by atoms with Crippen LogP contribution in [0.2, 0.25) is 0 Å². The molecule has 0 bridgehead atoms. The molecule has 0 fully saturated rings. The fraction of sp³-hybridized carbons (Fsp3) is 0.241. The van der Waals surface area contributed by atoms with Gasteiger partial charge in [-0.1, -0.05) is 91.0 Å². The number of imidazole rings is 1. The maximum absolute atomic E-state index is 11.8. The minimum absolute atomic E-state index is 0.00773. The summed E-state index contributed by atoms with van der Waals surface area (Å²) < 4.78 is 6.53. The highest BCUT2D eigenvalue weighted by Crippen LogP contribution is 2.41. The van der Waals surface area contributed by atoms with Gasteiger partial charge in [-0.05, 0) is 23.6 Å². The zero-order chi connectivity index (χ0) is 26.4. The average Bonchev–Trinajstić information content (AvgIpc) is 3.44. The first-order valence-corrected chi connectivity index (χ1v) is 12.0. The van der Waals surface area contributed by atoms with E-state index in [9.17, 15) is 25.2 Å². The molecule has 8 heteroatoms. The monoisotopic (exact) mass is 502 g/mol. The summed E-state index contributed by atoms with van der Waals surface area (Å²) in [6, 6.07) is 29.5. The molecule has 0 amide bonds. The van der Waals surface area contributed by atoms with Gasteiger partial charge in [0, 0.05) is 6.20 Å². The van der Waals surface area contributed by atoms with E-state index >= 15 is 0 Å². The molecule has 0 saturated heterocycles. The lowest BCUT2D eigenvalue weighted by Crippen LogP contribution is -2.45. The number of hydrogen-bond donors (Lipinski definition) is 4. The smallest absolute Gasteiger partial charge is 0.337 e. The van der Waals surface area contributed by atoms with Gasteiger partial charge in [-0.25, -0.2) is 9.78 Å². The quantitative estimate of drug-likeness (QED) is 0.194. The minimum Gasteiger partial charge on any atom is -0.464 e. The van der Waals surface area contributed by atoms with Crippen LogP contribution in [0, 0.1) is 0 Å². The van der Waals surface area contributed by atoms with Crippen LogP contribution >= 0.6 is 0 Å². The van der Waals surface area contributed by atoms with Crippen molar-refractivity contribution in [1.82, 2.24) is 9.55 Å². The molecule has 3 aromatic carbocycles. The molecular formula is C29H30N2O6. The van der Waals surface area contributed by atoms with Gasteiger partial charge in [-0.15, -0.1) is 0 Å². The van der Waals surface area contributed by atoms with Crippen molar-refractivity contribution in [2.75, 3.05) is 6.61 Å². The molecule has 8 nitrogen and oxygen atoms in total. The molecular weight excluding hydrogens is 472 g/mol. The number of carbonyl (C=O) groups excluding carboxylic acids is 1. The Morgan fingerprint density at radius 2 is 1.27 bits per heavy atom. The Labute approximate surface area is 215 Å². The lowest BCUT2D eigenvalue weighted by molar-refractivity contribution is -0.168. The van der Waals surface area contributed by atoms with Crippen molar-refractivity contribution in [3.63, 3.8) is 0 Å². The van der Waals surface area contributed by atoms with Gasteiger partial charge in [0.1, 0.15) is 23.9 Å². The summed E-state index contributed by atoms with van der Waals surface area (Å²) >= 11 is 0. The van der Waals surface area contributed by atoms with E-state index in [0.717, 1.165) is 16.7 Å². The number of esters is 1. The van der Waals surface area contributed by atoms with Crippen LogP contribution in [-0.4, -0.2) is 60.9 Å². The van der Waals surface area contributed by atoms with Crippen LogP contribution in [0.5, 0.6) is 0 Å². The molecule has 4 N–H and O–H groups in total. The topological polar surface area (TPSA) is 125 Å². The molecule has 0 saturated carbocycles. The van der Waals surface area contributed by atoms with Crippen molar-refractivity contribution in [3.8, 4) is 0 Å². The molecule has 0 aliphatic heterocycles. The van der Waals surface area contributed by atoms with Crippen LogP contribution in [-0.2, 0) is 15.1 Å². The molecule has 4 rings (SSSR count). The lowest BCUT2D eigenvalue weighted by atomic mass is 9.77. The minimum atomic E-state index is -2.02. The molecule has 4 unspecified atom stereocenters. The van der Waals surface area contributed by atoms with Crippen LogP contribution in [0.25, 0.3) is 0 Å². The maximum atomic E-state index is 11.8. The van der Waals surface area contributed by atoms with Crippen molar-refractivity contribution < 1.29 is 30.0 Å². The van der Waals surface area contributed by atoms with Gasteiger partial charge in [-0.3, -0.25) is 0 Å². The van der Waals surface area contributed by atoms with Crippen LogP contribution in [0.15, 0.2) is 104 Å². The zero-order valence-electron chi connectivity index (χ0n) is 20.3. The van der Waals surface area contributed by atoms with Gasteiger partial charge >= 0.3 is 5.97 Å². The van der Waals surface area contributed by atoms with Crippen LogP contribution in [0.4, 0.5) is 0 Å². The predicted octanol–water partition coefficient (Wildman–Crippen LogP) is 2.40. The normalized spacial score (nSPS) is 14.9. The molecule has 192 valence electrons. The highest BCUT2D eigenvalue weighted by atomic mass is 16.5. The first-order chi connectivity index (χ1) is 17.9. The second-order valence-corrected chi connectivity index (χ2v) is 8.64. The van der Waals surface area contributed by atoms with E-state index in [1.54, 1.807) is 19.4 Å². The highest BCUT2D eigenvalue weighted by molar-refractivity contribution is 5.75. The van der Waals surface area contributed by atoms with Crippen LogP contribution < -0.4 is 0 Å². The van der Waals surface area contributed by atoms with Gasteiger partial charge in [0.25, 0.3) is 0 Å². The van der Waals surface area contributed by atoms with E-state index in [2.05, 4.69) is 4.98 Å². The van der Waals surface area contributed by atoms with Gasteiger partial charge in [0.05, 0.1) is 18.6 Å². The molecule has 0 spiro atoms. The Kier molecular flexibility index (Phi) is 8.15. The molecule has 0 aliphatic carbocycles. The zero-order valence-corrected chi connectivity index (χ0v) is 20.3. The van der Waals surface area contributed by atoms with Gasteiger partial charge < -0.3 is 29.7 Å². The van der Waals surface area contributed by atoms with Crippen molar-refractivity contribution >= 4 is 5.97 Å². The number of aromatic nitrogens is 2. The maximum Gasteiger partial charge on any atom is 0.337 e. The van der Waals surface area contributed by atoms with Crippen LogP contribution in [0.3, 0.4) is 0 Å². The lowest BCUT2D eigenvalue weighted by Gasteiger charge is -2.37. The molecule has 4 aromatic rings. The number of aliphatic hydroxyl groups is 4. The summed E-state index contributed by atoms with van der Waals surface area (Å²) in [5.74, 6) is -1.09. The van der Waals surface area contributed by atoms with Crippen LogP contribution in [0.1, 0.15) is 35.4 Å². The summed E-state index contributed by atoms with van der Waals surface area (Å²) in [5.41, 5.74) is 1.97. The van der Waals surface area contributed by atoms with E-state index in [1.807, 2.05) is 95.6 Å². The van der Waals surface area contributed by atoms with E-state index in [0.29, 0.717) is 0 Å². The van der Waals surface area contributed by atoms with Gasteiger partial charge in [0.15, 0.2) is 6.10 Å². The second kappa shape index (κ2) is 11.5. The summed E-state index contributed by atoms with van der Waals surface area (Å²) in [5, 5.41) is 41.8. The van der Waals surface area contributed by atoms with Gasteiger partial charge in [-0.2, -0.15) is 0 Å². The van der Waals surface area contributed by atoms with E-state index in [-0.39, 0.29) is 12.3 Å². The Morgan fingerprint density at radius 3 is 1.70 bits per heavy atom. The number of nitrogens with zero attached hydrogens (tertiary/aromatic N) is 2. The van der Waals surface area contributed by atoms with Crippen molar-refractivity contribution in [2.45, 2.75) is 36.9 Å². The van der Waals surface area contributed by atoms with Crippen molar-refractivity contribution in [2.24, 2.45) is 0 Å². The fourth-order valence-electron chi connectivity index (χ4n) is 4.58. The Balaban J connectivity index is 1.81. The SMILES string of the molecule is CCOC(=O)C(O)C(O)C(O)C(O)c1cn(C(c2ccccc2)(c2ccccc2)c2ccccc2)cn1.